The van der Waals surface area contributed by atoms with Crippen molar-refractivity contribution in [1.29, 1.82) is 0 Å². The van der Waals surface area contributed by atoms with Gasteiger partial charge in [-0.1, -0.05) is 0 Å². The second kappa shape index (κ2) is 2.95. The van der Waals surface area contributed by atoms with Gasteiger partial charge in [0.05, 0.1) is 7.05 Å². The fraction of sp³-hybridized carbons (Fsp3) is 0.667. The van der Waals surface area contributed by atoms with Crippen LogP contribution >= 0.6 is 24.0 Å². The second-order valence-electron chi connectivity index (χ2n) is 1.33. The summed E-state index contributed by atoms with van der Waals surface area (Å²) in [5.41, 5.74) is 0. The van der Waals surface area contributed by atoms with E-state index in [0.717, 1.165) is 0 Å². The van der Waals surface area contributed by atoms with Crippen LogP contribution in [-0.4, -0.2) is 20.2 Å². The molecular weight excluding hydrogens is 219 g/mol. The Morgan fingerprint density at radius 1 is 1.50 bits per heavy atom. The normalized spacial score (nSPS) is 8.25. The minimum absolute atomic E-state index is 0. The molecule has 0 atom stereocenters. The molecule has 0 N–H and O–H groups in total. The number of hydrogen-bond donors (Lipinski definition) is 0. The van der Waals surface area contributed by atoms with Crippen molar-refractivity contribution in [2.24, 2.45) is 7.05 Å². The number of halogens is 1. The van der Waals surface area contributed by atoms with E-state index in [1.807, 2.05) is 0 Å². The predicted molar refractivity (Wildman–Crippen MR) is 39.0 cm³/mol. The monoisotopic (exact) mass is 226 g/mol. The molecule has 1 rings (SSSR count). The second-order valence-corrected chi connectivity index (χ2v) is 1.33. The van der Waals surface area contributed by atoms with Crippen LogP contribution in [0.3, 0.4) is 0 Å². The number of aryl methyl sites for hydroxylation is 2. The highest BCUT2D eigenvalue weighted by Crippen LogP contribution is 1.74. The van der Waals surface area contributed by atoms with Crippen molar-refractivity contribution in [1.82, 2.24) is 20.2 Å². The molecule has 1 heterocycles. The van der Waals surface area contributed by atoms with Gasteiger partial charge in [-0.3, -0.25) is 0 Å². The zero-order chi connectivity index (χ0) is 5.28. The van der Waals surface area contributed by atoms with Gasteiger partial charge in [0.25, 0.3) is 0 Å². The van der Waals surface area contributed by atoms with Crippen LogP contribution in [0.15, 0.2) is 0 Å². The molecule has 8 heavy (non-hydrogen) atoms. The molecule has 0 fully saturated rings. The first kappa shape index (κ1) is 7.80. The highest BCUT2D eigenvalue weighted by molar-refractivity contribution is 14.0. The molecule has 4 nitrogen and oxygen atoms in total. The van der Waals surface area contributed by atoms with Crippen molar-refractivity contribution in [2.75, 3.05) is 0 Å². The van der Waals surface area contributed by atoms with Crippen LogP contribution in [-0.2, 0) is 7.05 Å². The third-order valence-corrected chi connectivity index (χ3v) is 0.608. The molecule has 0 unspecified atom stereocenters. The molecule has 0 bridgehead atoms. The fourth-order valence-electron chi connectivity index (χ4n) is 0.379. The Hall–Kier alpha value is -0.200. The van der Waals surface area contributed by atoms with Crippen LogP contribution in [0.2, 0.25) is 0 Å². The van der Waals surface area contributed by atoms with E-state index in [-0.39, 0.29) is 24.0 Å². The zero-order valence-corrected chi connectivity index (χ0v) is 7.03. The number of nitrogens with zero attached hydrogens (tertiary/aromatic N) is 4. The van der Waals surface area contributed by atoms with Gasteiger partial charge in [0.15, 0.2) is 5.82 Å². The third-order valence-electron chi connectivity index (χ3n) is 0.608. The Balaban J connectivity index is 0.000000490. The van der Waals surface area contributed by atoms with Crippen LogP contribution in [0.1, 0.15) is 5.82 Å². The van der Waals surface area contributed by atoms with Crippen LogP contribution < -0.4 is 0 Å². The first-order chi connectivity index (χ1) is 3.29. The summed E-state index contributed by atoms with van der Waals surface area (Å²) in [5, 5.41) is 11.0. The van der Waals surface area contributed by atoms with Gasteiger partial charge >= 0.3 is 0 Å². The summed E-state index contributed by atoms with van der Waals surface area (Å²) in [6.07, 6.45) is 0. The molecule has 1 aromatic rings. The Morgan fingerprint density at radius 2 is 2.12 bits per heavy atom. The lowest BCUT2D eigenvalue weighted by Crippen LogP contribution is -1.91. The molecule has 5 heteroatoms. The molecule has 0 aliphatic rings. The van der Waals surface area contributed by atoms with E-state index < -0.39 is 0 Å². The summed E-state index contributed by atoms with van der Waals surface area (Å²) in [7, 11) is 1.74. The minimum atomic E-state index is 0. The Bertz CT molecular complexity index is 144. The quantitative estimate of drug-likeness (QED) is 0.591. The molecule has 0 amide bonds. The van der Waals surface area contributed by atoms with Crippen molar-refractivity contribution in [2.45, 2.75) is 6.92 Å². The lowest BCUT2D eigenvalue weighted by atomic mass is 10.8. The van der Waals surface area contributed by atoms with Crippen LogP contribution in [0.4, 0.5) is 0 Å². The van der Waals surface area contributed by atoms with Gasteiger partial charge in [0, 0.05) is 0 Å². The first-order valence-corrected chi connectivity index (χ1v) is 1.99. The third kappa shape index (κ3) is 1.73. The maximum Gasteiger partial charge on any atom is 0.171 e. The number of tetrazole rings is 1. The number of hydrogen-bond acceptors (Lipinski definition) is 3. The fourth-order valence-corrected chi connectivity index (χ4v) is 0.379. The summed E-state index contributed by atoms with van der Waals surface area (Å²) in [6, 6.07) is 0. The van der Waals surface area contributed by atoms with Crippen LogP contribution in [0.5, 0.6) is 0 Å². The summed E-state index contributed by atoms with van der Waals surface area (Å²) in [5.74, 6) is 0.711. The van der Waals surface area contributed by atoms with Crippen LogP contribution in [0, 0.1) is 6.92 Å². The van der Waals surface area contributed by atoms with Crippen molar-refractivity contribution >= 4 is 24.0 Å². The summed E-state index contributed by atoms with van der Waals surface area (Å²) >= 11 is 0. The van der Waals surface area contributed by atoms with Gasteiger partial charge in [-0.15, -0.1) is 34.2 Å². The number of rotatable bonds is 0. The molecule has 0 saturated carbocycles. The van der Waals surface area contributed by atoms with Gasteiger partial charge in [0.1, 0.15) is 0 Å². The van der Waals surface area contributed by atoms with Crippen molar-refractivity contribution in [3.8, 4) is 0 Å². The van der Waals surface area contributed by atoms with Gasteiger partial charge in [0.2, 0.25) is 0 Å². The molecule has 1 aromatic heterocycles. The maximum atomic E-state index is 3.81. The molecule has 0 radical (unpaired) electrons. The summed E-state index contributed by atoms with van der Waals surface area (Å²) in [4.78, 5) is 1.43. The van der Waals surface area contributed by atoms with E-state index in [0.29, 0.717) is 5.82 Å². The van der Waals surface area contributed by atoms with Crippen molar-refractivity contribution in [3.05, 3.63) is 5.82 Å². The topological polar surface area (TPSA) is 43.6 Å². The maximum absolute atomic E-state index is 3.81. The molecule has 0 aromatic carbocycles. The van der Waals surface area contributed by atoms with Gasteiger partial charge < -0.3 is 0 Å². The lowest BCUT2D eigenvalue weighted by Gasteiger charge is -1.73. The summed E-state index contributed by atoms with van der Waals surface area (Å²) < 4.78 is 0. The molecule has 46 valence electrons. The van der Waals surface area contributed by atoms with Crippen LogP contribution in [0.25, 0.3) is 0 Å². The standard InChI is InChI=1S/C3H6N4.HI/c1-3-4-6-7(2)5-3;/h1-2H3;1H. The number of aromatic nitrogens is 4. The largest absolute Gasteiger partial charge is 0.171 e. The average Bonchev–Trinajstić information content (AvgIpc) is 1.87. The summed E-state index contributed by atoms with van der Waals surface area (Å²) in [6.45, 7) is 1.80. The molecular formula is C3H7IN4. The Morgan fingerprint density at radius 3 is 2.25 bits per heavy atom. The average molecular weight is 226 g/mol. The van der Waals surface area contributed by atoms with Gasteiger partial charge in [-0.25, -0.2) is 0 Å². The van der Waals surface area contributed by atoms with E-state index >= 15 is 0 Å². The smallest absolute Gasteiger partial charge is 0.167 e. The first-order valence-electron chi connectivity index (χ1n) is 1.99. The molecule has 0 aliphatic heterocycles. The highest BCUT2D eigenvalue weighted by Gasteiger charge is 1.85. The van der Waals surface area contributed by atoms with E-state index in [4.69, 9.17) is 0 Å². The van der Waals surface area contributed by atoms with Gasteiger partial charge in [-0.05, 0) is 12.1 Å². The van der Waals surface area contributed by atoms with Crippen molar-refractivity contribution < 1.29 is 0 Å². The molecule has 0 aliphatic carbocycles. The molecule has 0 spiro atoms. The van der Waals surface area contributed by atoms with Crippen molar-refractivity contribution in [3.63, 3.8) is 0 Å². The SMILES string of the molecule is Cc1nnn(C)n1.I. The van der Waals surface area contributed by atoms with Gasteiger partial charge in [-0.2, -0.15) is 4.80 Å². The van der Waals surface area contributed by atoms with E-state index in [1.165, 1.54) is 4.80 Å². The zero-order valence-electron chi connectivity index (χ0n) is 4.70. The Labute approximate surface area is 64.3 Å². The lowest BCUT2D eigenvalue weighted by molar-refractivity contribution is 0.629. The molecule has 0 saturated heterocycles. The highest BCUT2D eigenvalue weighted by atomic mass is 127. The predicted octanol–water partition coefficient (Wildman–Crippen LogP) is 0.137. The van der Waals surface area contributed by atoms with E-state index in [1.54, 1.807) is 14.0 Å². The van der Waals surface area contributed by atoms with E-state index in [9.17, 15) is 0 Å². The van der Waals surface area contributed by atoms with E-state index in [2.05, 4.69) is 15.4 Å². The minimum Gasteiger partial charge on any atom is -0.167 e. The Kier molecular flexibility index (Phi) is 2.88.